The fourth-order valence-electron chi connectivity index (χ4n) is 1.99. The van der Waals surface area contributed by atoms with Gasteiger partial charge in [0.25, 0.3) is 0 Å². The van der Waals surface area contributed by atoms with E-state index in [2.05, 4.69) is 15.2 Å². The van der Waals surface area contributed by atoms with Gasteiger partial charge in [-0.1, -0.05) is 0 Å². The van der Waals surface area contributed by atoms with Crippen LogP contribution in [0.4, 0.5) is 0 Å². The molecule has 0 saturated carbocycles. The van der Waals surface area contributed by atoms with E-state index in [0.717, 1.165) is 31.9 Å². The van der Waals surface area contributed by atoms with E-state index in [1.165, 1.54) is 0 Å². The molecule has 5 nitrogen and oxygen atoms in total. The van der Waals surface area contributed by atoms with Crippen molar-refractivity contribution in [3.63, 3.8) is 0 Å². The molecule has 2 aliphatic rings. The van der Waals surface area contributed by atoms with Crippen LogP contribution in [0.15, 0.2) is 0 Å². The van der Waals surface area contributed by atoms with E-state index in [9.17, 15) is 0 Å². The molecule has 0 bridgehead atoms. The topological polar surface area (TPSA) is 67.5 Å². The number of nitrogens with one attached hydrogen (secondary N) is 2. The van der Waals surface area contributed by atoms with Gasteiger partial charge in [0.05, 0.1) is 26.3 Å². The predicted octanol–water partition coefficient (Wildman–Crippen LogP) is -4.93. The normalized spacial score (nSPS) is 29.7. The van der Waals surface area contributed by atoms with Crippen molar-refractivity contribution < 1.29 is 27.2 Å². The largest absolute Gasteiger partial charge is 1.00 e. The Labute approximate surface area is 95.6 Å². The third-order valence-corrected chi connectivity index (χ3v) is 2.93. The molecule has 0 aromatic rings. The van der Waals surface area contributed by atoms with Crippen LogP contribution < -0.4 is 23.0 Å². The molecule has 0 aromatic carbocycles. The molecule has 15 heavy (non-hydrogen) atoms. The predicted molar refractivity (Wildman–Crippen MR) is 52.3 cm³/mol. The van der Waals surface area contributed by atoms with Gasteiger partial charge in [0.2, 0.25) is 0 Å². The smallest absolute Gasteiger partial charge is 0.346 e. The Kier molecular flexibility index (Phi) is 4.63. The average molecular weight is 236 g/mol. The van der Waals surface area contributed by atoms with Crippen LogP contribution in [0.5, 0.6) is 0 Å². The molecule has 0 radical (unpaired) electrons. The van der Waals surface area contributed by atoms with Gasteiger partial charge in [0, 0.05) is 12.8 Å². The molecule has 6 heteroatoms. The van der Waals surface area contributed by atoms with E-state index in [-0.39, 0.29) is 37.7 Å². The number of hydrogen-bond acceptors (Lipinski definition) is 4. The number of rotatable bonds is 2. The average Bonchev–Trinajstić information content (AvgIpc) is 2.27. The van der Waals surface area contributed by atoms with Gasteiger partial charge < -0.3 is 22.6 Å². The number of aliphatic hydroxyl groups is 2. The van der Waals surface area contributed by atoms with Crippen molar-refractivity contribution in [2.45, 2.75) is 24.9 Å². The molecule has 88 valence electrons. The van der Waals surface area contributed by atoms with E-state index in [1.54, 1.807) is 0 Å². The fourth-order valence-corrected chi connectivity index (χ4v) is 1.99. The summed E-state index contributed by atoms with van der Waals surface area (Å²) >= 11 is 0. The van der Waals surface area contributed by atoms with Crippen molar-refractivity contribution in [2.24, 2.45) is 0 Å². The molecular formula is C9H18ClN3O2. The van der Waals surface area contributed by atoms with Crippen LogP contribution >= 0.6 is 0 Å². The summed E-state index contributed by atoms with van der Waals surface area (Å²) in [5.41, 5.74) is 0. The Balaban J connectivity index is 0.00000112. The van der Waals surface area contributed by atoms with Crippen LogP contribution in [0.3, 0.4) is 0 Å². The number of nitrogens with zero attached hydrogens (tertiary/aromatic N) is 1. The van der Waals surface area contributed by atoms with Crippen LogP contribution in [0.2, 0.25) is 0 Å². The zero-order chi connectivity index (χ0) is 9.97. The summed E-state index contributed by atoms with van der Waals surface area (Å²) in [4.78, 5) is 0. The van der Waals surface area contributed by atoms with Gasteiger partial charge in [0.15, 0.2) is 0 Å². The van der Waals surface area contributed by atoms with Crippen molar-refractivity contribution in [3.8, 4) is 0 Å². The lowest BCUT2D eigenvalue weighted by atomic mass is 10.1. The second kappa shape index (κ2) is 5.53. The summed E-state index contributed by atoms with van der Waals surface area (Å²) in [5, 5.41) is 24.5. The van der Waals surface area contributed by atoms with Crippen LogP contribution in [0.25, 0.3) is 0 Å². The van der Waals surface area contributed by atoms with Gasteiger partial charge in [-0.15, -0.1) is 0 Å². The quantitative estimate of drug-likeness (QED) is 0.362. The lowest BCUT2D eigenvalue weighted by molar-refractivity contribution is -0.543. The molecule has 0 aliphatic carbocycles. The van der Waals surface area contributed by atoms with Crippen LogP contribution in [0, 0.1) is 0 Å². The highest BCUT2D eigenvalue weighted by atomic mass is 35.5. The third kappa shape index (κ3) is 2.74. The van der Waals surface area contributed by atoms with Gasteiger partial charge in [-0.3, -0.25) is 15.2 Å². The Morgan fingerprint density at radius 2 is 1.53 bits per heavy atom. The van der Waals surface area contributed by atoms with E-state index >= 15 is 0 Å². The first kappa shape index (κ1) is 12.5. The maximum atomic E-state index is 9.03. The standard InChI is InChI=1S/C9H17N3O2.ClH/c13-5-7-1-3-12-4-2-8(6-14)11-9(12)10-7;/h7-8,13-14H,1-6H2,(H,10,11);1H/t7-,8-;/m0./s1. The molecule has 0 saturated heterocycles. The monoisotopic (exact) mass is 235 g/mol. The third-order valence-electron chi connectivity index (χ3n) is 2.93. The summed E-state index contributed by atoms with van der Waals surface area (Å²) in [6, 6.07) is 0.317. The molecular weight excluding hydrogens is 218 g/mol. The number of halogens is 1. The molecule has 0 amide bonds. The Morgan fingerprint density at radius 3 is 1.93 bits per heavy atom. The minimum absolute atomic E-state index is 0. The zero-order valence-electron chi connectivity index (χ0n) is 8.62. The highest BCUT2D eigenvalue weighted by molar-refractivity contribution is 5.76. The van der Waals surface area contributed by atoms with Gasteiger partial charge >= 0.3 is 5.96 Å². The molecule has 0 aromatic heterocycles. The summed E-state index contributed by atoms with van der Waals surface area (Å²) in [6.45, 7) is 2.31. The SMILES string of the molecule is OC[C@@H]1CC[N+]2=C(N1)N[C@H](CO)CC2.[Cl-]. The van der Waals surface area contributed by atoms with Crippen LogP contribution in [-0.4, -0.2) is 59.1 Å². The molecule has 2 atom stereocenters. The van der Waals surface area contributed by atoms with Crippen molar-refractivity contribution in [3.05, 3.63) is 0 Å². The first-order valence-electron chi connectivity index (χ1n) is 5.20. The van der Waals surface area contributed by atoms with Crippen LogP contribution in [0.1, 0.15) is 12.8 Å². The van der Waals surface area contributed by atoms with Gasteiger partial charge in [-0.25, -0.2) is 0 Å². The maximum absolute atomic E-state index is 9.03. The summed E-state index contributed by atoms with van der Waals surface area (Å²) in [7, 11) is 0. The summed E-state index contributed by atoms with van der Waals surface area (Å²) < 4.78 is 2.23. The highest BCUT2D eigenvalue weighted by Gasteiger charge is 2.30. The Hall–Kier alpha value is -0.520. The molecule has 2 aliphatic heterocycles. The zero-order valence-corrected chi connectivity index (χ0v) is 9.37. The van der Waals surface area contributed by atoms with E-state index < -0.39 is 0 Å². The number of guanidine groups is 1. The van der Waals surface area contributed by atoms with Crippen LogP contribution in [-0.2, 0) is 0 Å². The van der Waals surface area contributed by atoms with E-state index in [0.29, 0.717) is 0 Å². The number of hydrogen-bond donors (Lipinski definition) is 4. The van der Waals surface area contributed by atoms with Crippen molar-refractivity contribution >= 4 is 5.96 Å². The van der Waals surface area contributed by atoms with E-state index in [1.807, 2.05) is 0 Å². The molecule has 2 rings (SSSR count). The molecule has 0 fully saturated rings. The molecule has 4 N–H and O–H groups in total. The summed E-state index contributed by atoms with van der Waals surface area (Å²) in [6.07, 6.45) is 1.96. The summed E-state index contributed by atoms with van der Waals surface area (Å²) in [5.74, 6) is 0.973. The highest BCUT2D eigenvalue weighted by Crippen LogP contribution is 2.05. The second-order valence-corrected chi connectivity index (χ2v) is 3.96. The minimum Gasteiger partial charge on any atom is -1.00 e. The lowest BCUT2D eigenvalue weighted by Gasteiger charge is -2.30. The molecule has 2 heterocycles. The van der Waals surface area contributed by atoms with Gasteiger partial charge in [-0.2, -0.15) is 0 Å². The number of aliphatic hydroxyl groups excluding tert-OH is 2. The van der Waals surface area contributed by atoms with Gasteiger partial charge in [0.1, 0.15) is 12.1 Å². The van der Waals surface area contributed by atoms with Crippen molar-refractivity contribution in [2.75, 3.05) is 26.3 Å². The fraction of sp³-hybridized carbons (Fsp3) is 0.889. The first-order valence-corrected chi connectivity index (χ1v) is 5.20. The van der Waals surface area contributed by atoms with Crippen molar-refractivity contribution in [1.29, 1.82) is 0 Å². The first-order chi connectivity index (χ1) is 6.83. The lowest BCUT2D eigenvalue weighted by Crippen LogP contribution is -3.00. The molecule has 0 unspecified atom stereocenters. The minimum atomic E-state index is 0. The van der Waals surface area contributed by atoms with Gasteiger partial charge in [-0.05, 0) is 0 Å². The maximum Gasteiger partial charge on any atom is 0.346 e. The Morgan fingerprint density at radius 1 is 1.07 bits per heavy atom. The second-order valence-electron chi connectivity index (χ2n) is 3.96. The van der Waals surface area contributed by atoms with Crippen molar-refractivity contribution in [1.82, 2.24) is 10.6 Å². The Bertz CT molecular complexity index is 226. The van der Waals surface area contributed by atoms with E-state index in [4.69, 9.17) is 10.2 Å². The molecule has 0 spiro atoms.